The summed E-state index contributed by atoms with van der Waals surface area (Å²) in [6.07, 6.45) is 5.57. The molecule has 2 aliphatic heterocycles. The Balaban J connectivity index is 1.77. The summed E-state index contributed by atoms with van der Waals surface area (Å²) in [4.78, 5) is 5.21. The molecule has 0 aromatic rings. The van der Waals surface area contributed by atoms with Crippen molar-refractivity contribution >= 4 is 0 Å². The molecular weight excluding hydrogens is 174 g/mol. The van der Waals surface area contributed by atoms with Gasteiger partial charge in [-0.05, 0) is 45.3 Å². The van der Waals surface area contributed by atoms with Crippen LogP contribution >= 0.6 is 0 Å². The normalized spacial score (nSPS) is 30.2. The van der Waals surface area contributed by atoms with Crippen molar-refractivity contribution in [3.05, 3.63) is 0 Å². The highest BCUT2D eigenvalue weighted by atomic mass is 15.2. The van der Waals surface area contributed by atoms with Crippen molar-refractivity contribution in [2.45, 2.75) is 31.7 Å². The average molecular weight is 197 g/mol. The molecule has 0 radical (unpaired) electrons. The van der Waals surface area contributed by atoms with Crippen LogP contribution in [-0.4, -0.2) is 55.1 Å². The molecule has 3 heteroatoms. The standard InChI is InChI=1S/C11H23N3/c12-5-9-14-8-3-4-11(14)10-13-6-1-2-7-13/h11H,1-10,12H2/t11-/m0/s1. The number of rotatable bonds is 4. The first kappa shape index (κ1) is 10.4. The van der Waals surface area contributed by atoms with Gasteiger partial charge in [0, 0.05) is 25.7 Å². The minimum absolute atomic E-state index is 0.802. The zero-order valence-corrected chi connectivity index (χ0v) is 9.12. The fourth-order valence-corrected chi connectivity index (χ4v) is 2.83. The van der Waals surface area contributed by atoms with Crippen LogP contribution < -0.4 is 5.73 Å². The minimum Gasteiger partial charge on any atom is -0.329 e. The topological polar surface area (TPSA) is 32.5 Å². The van der Waals surface area contributed by atoms with E-state index in [4.69, 9.17) is 5.73 Å². The summed E-state index contributed by atoms with van der Waals surface area (Å²) in [6, 6.07) is 0.802. The summed E-state index contributed by atoms with van der Waals surface area (Å²) in [5.74, 6) is 0. The molecule has 2 saturated heterocycles. The van der Waals surface area contributed by atoms with Gasteiger partial charge >= 0.3 is 0 Å². The van der Waals surface area contributed by atoms with Gasteiger partial charge in [-0.15, -0.1) is 0 Å². The molecule has 0 spiro atoms. The van der Waals surface area contributed by atoms with E-state index in [2.05, 4.69) is 9.80 Å². The van der Waals surface area contributed by atoms with E-state index in [0.29, 0.717) is 0 Å². The third kappa shape index (κ3) is 2.47. The zero-order chi connectivity index (χ0) is 9.80. The Bertz CT molecular complexity index is 166. The summed E-state index contributed by atoms with van der Waals surface area (Å²) in [5.41, 5.74) is 5.62. The monoisotopic (exact) mass is 197 g/mol. The van der Waals surface area contributed by atoms with Gasteiger partial charge in [0.25, 0.3) is 0 Å². The van der Waals surface area contributed by atoms with E-state index in [1.54, 1.807) is 0 Å². The molecule has 2 N–H and O–H groups in total. The summed E-state index contributed by atoms with van der Waals surface area (Å²) in [6.45, 7) is 7.13. The number of nitrogens with two attached hydrogens (primary N) is 1. The van der Waals surface area contributed by atoms with Gasteiger partial charge in [0.1, 0.15) is 0 Å². The van der Waals surface area contributed by atoms with Gasteiger partial charge in [-0.2, -0.15) is 0 Å². The third-order valence-corrected chi connectivity index (χ3v) is 3.58. The predicted molar refractivity (Wildman–Crippen MR) is 59.3 cm³/mol. The molecule has 2 aliphatic rings. The van der Waals surface area contributed by atoms with Crippen molar-refractivity contribution in [1.82, 2.24) is 9.80 Å². The van der Waals surface area contributed by atoms with Crippen molar-refractivity contribution in [2.24, 2.45) is 5.73 Å². The van der Waals surface area contributed by atoms with Crippen molar-refractivity contribution in [3.63, 3.8) is 0 Å². The molecule has 82 valence electrons. The molecular formula is C11H23N3. The Labute approximate surface area is 87.2 Å². The highest BCUT2D eigenvalue weighted by Crippen LogP contribution is 2.19. The lowest BCUT2D eigenvalue weighted by molar-refractivity contribution is 0.195. The van der Waals surface area contributed by atoms with Crippen molar-refractivity contribution < 1.29 is 0 Å². The van der Waals surface area contributed by atoms with E-state index in [-0.39, 0.29) is 0 Å². The highest BCUT2D eigenvalue weighted by Gasteiger charge is 2.26. The molecule has 2 rings (SSSR count). The van der Waals surface area contributed by atoms with Crippen LogP contribution in [0.25, 0.3) is 0 Å². The fraction of sp³-hybridized carbons (Fsp3) is 1.00. The van der Waals surface area contributed by atoms with Gasteiger partial charge in [-0.25, -0.2) is 0 Å². The van der Waals surface area contributed by atoms with Crippen LogP contribution in [0.15, 0.2) is 0 Å². The van der Waals surface area contributed by atoms with E-state index >= 15 is 0 Å². The second-order valence-corrected chi connectivity index (χ2v) is 4.63. The van der Waals surface area contributed by atoms with Crippen molar-refractivity contribution in [1.29, 1.82) is 0 Å². The van der Waals surface area contributed by atoms with Crippen molar-refractivity contribution in [3.8, 4) is 0 Å². The smallest absolute Gasteiger partial charge is 0.0224 e. The lowest BCUT2D eigenvalue weighted by atomic mass is 10.2. The number of hydrogen-bond donors (Lipinski definition) is 1. The van der Waals surface area contributed by atoms with E-state index in [1.807, 2.05) is 0 Å². The lowest BCUT2D eigenvalue weighted by Crippen LogP contribution is -2.41. The van der Waals surface area contributed by atoms with Crippen LogP contribution in [-0.2, 0) is 0 Å². The maximum Gasteiger partial charge on any atom is 0.0224 e. The molecule has 0 aromatic carbocycles. The van der Waals surface area contributed by atoms with Gasteiger partial charge in [-0.3, -0.25) is 4.90 Å². The first-order valence-electron chi connectivity index (χ1n) is 6.06. The highest BCUT2D eigenvalue weighted by molar-refractivity contribution is 4.83. The second-order valence-electron chi connectivity index (χ2n) is 4.63. The molecule has 0 aromatic heterocycles. The van der Waals surface area contributed by atoms with E-state index in [9.17, 15) is 0 Å². The Morgan fingerprint density at radius 2 is 1.86 bits per heavy atom. The van der Waals surface area contributed by atoms with E-state index in [1.165, 1.54) is 51.9 Å². The fourth-order valence-electron chi connectivity index (χ4n) is 2.83. The van der Waals surface area contributed by atoms with Gasteiger partial charge < -0.3 is 10.6 Å². The van der Waals surface area contributed by atoms with Crippen molar-refractivity contribution in [2.75, 3.05) is 39.3 Å². The third-order valence-electron chi connectivity index (χ3n) is 3.58. The van der Waals surface area contributed by atoms with Crippen LogP contribution in [0.5, 0.6) is 0 Å². The van der Waals surface area contributed by atoms with E-state index < -0.39 is 0 Å². The predicted octanol–water partition coefficient (Wildman–Crippen LogP) is 0.505. The number of hydrogen-bond acceptors (Lipinski definition) is 3. The molecule has 0 unspecified atom stereocenters. The van der Waals surface area contributed by atoms with Gasteiger partial charge in [0.2, 0.25) is 0 Å². The second kappa shape index (κ2) is 5.10. The molecule has 3 nitrogen and oxygen atoms in total. The maximum atomic E-state index is 5.62. The Morgan fingerprint density at radius 1 is 1.07 bits per heavy atom. The Kier molecular flexibility index (Phi) is 3.79. The maximum absolute atomic E-state index is 5.62. The van der Waals surface area contributed by atoms with Gasteiger partial charge in [-0.1, -0.05) is 0 Å². The number of likely N-dealkylation sites (tertiary alicyclic amines) is 2. The van der Waals surface area contributed by atoms with Crippen LogP contribution in [0.2, 0.25) is 0 Å². The van der Waals surface area contributed by atoms with Gasteiger partial charge in [0.05, 0.1) is 0 Å². The SMILES string of the molecule is NCCN1CCC[C@H]1CN1CCCC1. The quantitative estimate of drug-likeness (QED) is 0.712. The zero-order valence-electron chi connectivity index (χ0n) is 9.12. The Hall–Kier alpha value is -0.120. The van der Waals surface area contributed by atoms with Crippen LogP contribution in [0.4, 0.5) is 0 Å². The molecule has 0 bridgehead atoms. The van der Waals surface area contributed by atoms with Gasteiger partial charge in [0.15, 0.2) is 0 Å². The molecule has 2 heterocycles. The first-order valence-corrected chi connectivity index (χ1v) is 6.06. The average Bonchev–Trinajstić information content (AvgIpc) is 2.80. The molecule has 1 atom stereocenters. The molecule has 0 saturated carbocycles. The van der Waals surface area contributed by atoms with E-state index in [0.717, 1.165) is 19.1 Å². The minimum atomic E-state index is 0.802. The summed E-state index contributed by atoms with van der Waals surface area (Å²) < 4.78 is 0. The summed E-state index contributed by atoms with van der Waals surface area (Å²) >= 11 is 0. The van der Waals surface area contributed by atoms with Crippen LogP contribution in [0, 0.1) is 0 Å². The molecule has 2 fully saturated rings. The Morgan fingerprint density at radius 3 is 2.57 bits per heavy atom. The molecule has 0 amide bonds. The lowest BCUT2D eigenvalue weighted by Gasteiger charge is -2.27. The first-order chi connectivity index (χ1) is 6.90. The molecule has 0 aliphatic carbocycles. The van der Waals surface area contributed by atoms with Crippen LogP contribution in [0.1, 0.15) is 25.7 Å². The largest absolute Gasteiger partial charge is 0.329 e. The number of nitrogens with zero attached hydrogens (tertiary/aromatic N) is 2. The summed E-state index contributed by atoms with van der Waals surface area (Å²) in [7, 11) is 0. The van der Waals surface area contributed by atoms with Crippen LogP contribution in [0.3, 0.4) is 0 Å². The summed E-state index contributed by atoms with van der Waals surface area (Å²) in [5, 5.41) is 0. The molecule has 14 heavy (non-hydrogen) atoms.